The average Bonchev–Trinajstić information content (AvgIpc) is 2.48. The van der Waals surface area contributed by atoms with E-state index in [2.05, 4.69) is 10.1 Å². The van der Waals surface area contributed by atoms with Crippen molar-refractivity contribution < 1.29 is 15.1 Å². The first-order valence-electron chi connectivity index (χ1n) is 6.69. The Morgan fingerprint density at radius 3 is 2.75 bits per heavy atom. The third-order valence-corrected chi connectivity index (χ3v) is 3.61. The van der Waals surface area contributed by atoms with Crippen molar-refractivity contribution in [2.45, 2.75) is 25.5 Å². The molecule has 0 spiro atoms. The number of hydrogen-bond donors (Lipinski definition) is 3. The number of methoxy groups -OCH3 is 1. The Balaban J connectivity index is 2.10. The molecule has 20 heavy (non-hydrogen) atoms. The number of hydrogen-bond acceptors (Lipinski definition) is 5. The first-order chi connectivity index (χ1) is 9.63. The second kappa shape index (κ2) is 6.58. The largest absolute Gasteiger partial charge is 0.496 e. The number of aliphatic hydroxyl groups excluding tert-OH is 1. The molecule has 1 saturated heterocycles. The summed E-state index contributed by atoms with van der Waals surface area (Å²) in [6.45, 7) is 2.59. The monoisotopic (exact) mass is 279 g/mol. The molecule has 1 aliphatic heterocycles. The van der Waals surface area contributed by atoms with Gasteiger partial charge in [0.2, 0.25) is 0 Å². The maximum absolute atomic E-state index is 9.50. The molecule has 0 atom stereocenters. The van der Waals surface area contributed by atoms with Gasteiger partial charge in [-0.15, -0.1) is 0 Å². The van der Waals surface area contributed by atoms with E-state index in [0.29, 0.717) is 11.3 Å². The minimum Gasteiger partial charge on any atom is -0.496 e. The van der Waals surface area contributed by atoms with Crippen molar-refractivity contribution in [3.05, 3.63) is 29.3 Å². The van der Waals surface area contributed by atoms with Crippen molar-refractivity contribution in [1.29, 1.82) is 0 Å². The second-order valence-corrected chi connectivity index (χ2v) is 5.03. The Hall–Kier alpha value is -1.79. The van der Waals surface area contributed by atoms with Crippen LogP contribution in [0.1, 0.15) is 24.0 Å². The van der Waals surface area contributed by atoms with Gasteiger partial charge in [-0.2, -0.15) is 0 Å². The van der Waals surface area contributed by atoms with Gasteiger partial charge in [0, 0.05) is 19.6 Å². The van der Waals surface area contributed by atoms with Crippen LogP contribution in [-0.4, -0.2) is 47.4 Å². The van der Waals surface area contributed by atoms with Gasteiger partial charge in [-0.25, -0.2) is 0 Å². The van der Waals surface area contributed by atoms with Crippen LogP contribution in [0.5, 0.6) is 5.75 Å². The van der Waals surface area contributed by atoms with Crippen molar-refractivity contribution >= 4 is 5.84 Å². The number of aliphatic hydroxyl groups is 1. The smallest absolute Gasteiger partial charge is 0.173 e. The fourth-order valence-electron chi connectivity index (χ4n) is 2.44. The van der Waals surface area contributed by atoms with E-state index in [0.717, 1.165) is 38.0 Å². The first kappa shape index (κ1) is 14.6. The first-order valence-corrected chi connectivity index (χ1v) is 6.69. The van der Waals surface area contributed by atoms with Crippen LogP contribution in [-0.2, 0) is 6.54 Å². The fraction of sp³-hybridized carbons (Fsp3) is 0.500. The van der Waals surface area contributed by atoms with Gasteiger partial charge in [-0.05, 0) is 30.5 Å². The average molecular weight is 279 g/mol. The molecule has 1 aromatic rings. The summed E-state index contributed by atoms with van der Waals surface area (Å²) in [5.41, 5.74) is 7.28. The molecule has 6 heteroatoms. The van der Waals surface area contributed by atoms with Gasteiger partial charge in [0.15, 0.2) is 5.84 Å². The summed E-state index contributed by atoms with van der Waals surface area (Å²) >= 11 is 0. The van der Waals surface area contributed by atoms with Gasteiger partial charge in [0.25, 0.3) is 0 Å². The van der Waals surface area contributed by atoms with E-state index in [4.69, 9.17) is 15.7 Å². The summed E-state index contributed by atoms with van der Waals surface area (Å²) in [5.74, 6) is 0.629. The molecule has 1 heterocycles. The van der Waals surface area contributed by atoms with E-state index in [1.54, 1.807) is 13.2 Å². The molecule has 0 amide bonds. The van der Waals surface area contributed by atoms with Crippen LogP contribution in [0.4, 0.5) is 0 Å². The summed E-state index contributed by atoms with van der Waals surface area (Å²) in [4.78, 5) is 2.30. The highest BCUT2D eigenvalue weighted by Crippen LogP contribution is 2.22. The van der Waals surface area contributed by atoms with Crippen LogP contribution in [0.2, 0.25) is 0 Å². The van der Waals surface area contributed by atoms with Crippen LogP contribution in [0.3, 0.4) is 0 Å². The molecule has 0 radical (unpaired) electrons. The van der Waals surface area contributed by atoms with E-state index in [1.165, 1.54) is 0 Å². The number of likely N-dealkylation sites (tertiary alicyclic amines) is 1. The predicted molar refractivity (Wildman–Crippen MR) is 76.0 cm³/mol. The van der Waals surface area contributed by atoms with E-state index >= 15 is 0 Å². The minimum absolute atomic E-state index is 0.0366. The van der Waals surface area contributed by atoms with Crippen LogP contribution >= 0.6 is 0 Å². The van der Waals surface area contributed by atoms with Crippen LogP contribution in [0.25, 0.3) is 0 Å². The summed E-state index contributed by atoms with van der Waals surface area (Å²) in [7, 11) is 1.56. The summed E-state index contributed by atoms with van der Waals surface area (Å²) in [6.07, 6.45) is 1.47. The lowest BCUT2D eigenvalue weighted by atomic mass is 10.1. The molecular weight excluding hydrogens is 258 g/mol. The highest BCUT2D eigenvalue weighted by atomic mass is 16.5. The molecule has 0 aliphatic carbocycles. The van der Waals surface area contributed by atoms with Crippen molar-refractivity contribution in [1.82, 2.24) is 4.90 Å². The van der Waals surface area contributed by atoms with Gasteiger partial charge in [-0.1, -0.05) is 11.2 Å². The molecule has 0 unspecified atom stereocenters. The van der Waals surface area contributed by atoms with Crippen molar-refractivity contribution in [2.24, 2.45) is 10.9 Å². The molecular formula is C14H21N3O3. The predicted octanol–water partition coefficient (Wildman–Crippen LogP) is 0.746. The zero-order chi connectivity index (χ0) is 14.5. The maximum atomic E-state index is 9.50. The van der Waals surface area contributed by atoms with Gasteiger partial charge < -0.3 is 20.8 Å². The number of rotatable bonds is 4. The van der Waals surface area contributed by atoms with Crippen molar-refractivity contribution in [3.8, 4) is 5.75 Å². The van der Waals surface area contributed by atoms with E-state index in [1.807, 2.05) is 12.1 Å². The molecule has 6 nitrogen and oxygen atoms in total. The Kier molecular flexibility index (Phi) is 4.81. The molecule has 0 aromatic heterocycles. The van der Waals surface area contributed by atoms with Gasteiger partial charge in [0.1, 0.15) is 5.75 Å². The van der Waals surface area contributed by atoms with E-state index in [9.17, 15) is 5.11 Å². The quantitative estimate of drug-likeness (QED) is 0.327. The van der Waals surface area contributed by atoms with Crippen molar-refractivity contribution in [3.63, 3.8) is 0 Å². The van der Waals surface area contributed by atoms with Crippen LogP contribution in [0.15, 0.2) is 23.4 Å². The number of oxime groups is 1. The standard InChI is InChI=1S/C14H21N3O3/c1-20-13-8-10(2-3-12(13)14(15)16-19)9-17-6-4-11(18)5-7-17/h2-3,8,11,18-19H,4-7,9H2,1H3,(H2,15,16). The van der Waals surface area contributed by atoms with Crippen LogP contribution in [0, 0.1) is 0 Å². The number of ether oxygens (including phenoxy) is 1. The SMILES string of the molecule is COc1cc(CN2CCC(O)CC2)ccc1/C(N)=N/O. The molecule has 1 aromatic carbocycles. The Bertz CT molecular complexity index is 483. The summed E-state index contributed by atoms with van der Waals surface area (Å²) in [6, 6.07) is 5.64. The fourth-order valence-corrected chi connectivity index (χ4v) is 2.44. The van der Waals surface area contributed by atoms with Gasteiger partial charge in [0.05, 0.1) is 18.8 Å². The lowest BCUT2D eigenvalue weighted by Gasteiger charge is -2.29. The third-order valence-electron chi connectivity index (χ3n) is 3.61. The zero-order valence-electron chi connectivity index (χ0n) is 11.6. The molecule has 0 saturated carbocycles. The summed E-state index contributed by atoms with van der Waals surface area (Å²) in [5, 5.41) is 21.2. The topological polar surface area (TPSA) is 91.3 Å². The Labute approximate surface area is 118 Å². The minimum atomic E-state index is -0.163. The molecule has 0 bridgehead atoms. The number of nitrogens with two attached hydrogens (primary N) is 1. The molecule has 110 valence electrons. The highest BCUT2D eigenvalue weighted by molar-refractivity contribution is 5.99. The number of piperidine rings is 1. The second-order valence-electron chi connectivity index (χ2n) is 5.03. The van der Waals surface area contributed by atoms with Gasteiger partial charge in [-0.3, -0.25) is 4.90 Å². The van der Waals surface area contributed by atoms with E-state index in [-0.39, 0.29) is 11.9 Å². The van der Waals surface area contributed by atoms with Crippen molar-refractivity contribution in [2.75, 3.05) is 20.2 Å². The maximum Gasteiger partial charge on any atom is 0.173 e. The normalized spacial score (nSPS) is 18.2. The van der Waals surface area contributed by atoms with Gasteiger partial charge >= 0.3 is 0 Å². The lowest BCUT2D eigenvalue weighted by molar-refractivity contribution is 0.0792. The number of benzene rings is 1. The highest BCUT2D eigenvalue weighted by Gasteiger charge is 2.17. The number of amidine groups is 1. The molecule has 4 N–H and O–H groups in total. The molecule has 1 fully saturated rings. The zero-order valence-corrected chi connectivity index (χ0v) is 11.6. The van der Waals surface area contributed by atoms with E-state index < -0.39 is 0 Å². The molecule has 2 rings (SSSR count). The Morgan fingerprint density at radius 2 is 2.15 bits per heavy atom. The molecule has 1 aliphatic rings. The third kappa shape index (κ3) is 3.40. The summed E-state index contributed by atoms with van der Waals surface area (Å²) < 4.78 is 5.28. The van der Waals surface area contributed by atoms with Crippen LogP contribution < -0.4 is 10.5 Å². The Morgan fingerprint density at radius 1 is 1.45 bits per heavy atom. The lowest BCUT2D eigenvalue weighted by Crippen LogP contribution is -2.35. The number of nitrogens with zero attached hydrogens (tertiary/aromatic N) is 2.